The van der Waals surface area contributed by atoms with Crippen molar-refractivity contribution >= 4 is 12.4 Å². The zero-order chi connectivity index (χ0) is 17.0. The summed E-state index contributed by atoms with van der Waals surface area (Å²) in [5, 5.41) is 13.3. The average Bonchev–Trinajstić information content (AvgIpc) is 2.62. The third kappa shape index (κ3) is 9.03. The maximum absolute atomic E-state index is 10.1. The van der Waals surface area contributed by atoms with Crippen LogP contribution < -0.4 is 5.32 Å². The van der Waals surface area contributed by atoms with Crippen LogP contribution in [0.5, 0.6) is 0 Å². The Morgan fingerprint density at radius 3 is 1.92 bits per heavy atom. The van der Waals surface area contributed by atoms with Crippen LogP contribution in [0.3, 0.4) is 0 Å². The van der Waals surface area contributed by atoms with Crippen LogP contribution in [-0.2, 0) is 17.6 Å². The number of hydrogen-bond donors (Lipinski definition) is 2. The summed E-state index contributed by atoms with van der Waals surface area (Å²) in [6, 6.07) is 20.8. The van der Waals surface area contributed by atoms with Crippen molar-refractivity contribution in [3.05, 3.63) is 71.8 Å². The number of nitrogens with one attached hydrogen (secondary N) is 1. The van der Waals surface area contributed by atoms with Gasteiger partial charge in [-0.05, 0) is 36.9 Å². The van der Waals surface area contributed by atoms with E-state index in [1.807, 2.05) is 12.1 Å². The van der Waals surface area contributed by atoms with Gasteiger partial charge in [0, 0.05) is 6.54 Å². The molecule has 2 rings (SSSR count). The van der Waals surface area contributed by atoms with Gasteiger partial charge in [0.25, 0.3) is 0 Å². The highest BCUT2D eigenvalue weighted by Crippen LogP contribution is 2.12. The van der Waals surface area contributed by atoms with Crippen molar-refractivity contribution in [3.63, 3.8) is 0 Å². The van der Waals surface area contributed by atoms with Gasteiger partial charge in [-0.25, -0.2) is 0 Å². The third-order valence-electron chi connectivity index (χ3n) is 3.94. The number of hydrogen-bond acceptors (Lipinski definition) is 3. The molecule has 0 aliphatic carbocycles. The Hall–Kier alpha value is -1.39. The first-order valence-corrected chi connectivity index (χ1v) is 8.86. The van der Waals surface area contributed by atoms with Crippen LogP contribution in [-0.4, -0.2) is 37.0 Å². The number of aliphatic hydroxyl groups excluding tert-OH is 1. The second kappa shape index (κ2) is 12.9. The van der Waals surface area contributed by atoms with Crippen molar-refractivity contribution in [2.45, 2.75) is 38.4 Å². The number of rotatable bonds is 11. The van der Waals surface area contributed by atoms with E-state index in [-0.39, 0.29) is 18.5 Å². The Labute approximate surface area is 157 Å². The fraction of sp³-hybridized carbons (Fsp3) is 0.429. The van der Waals surface area contributed by atoms with Gasteiger partial charge in [-0.1, -0.05) is 67.6 Å². The Balaban J connectivity index is 0.00000312. The molecule has 3 nitrogen and oxygen atoms in total. The SMILES string of the molecule is CCCNCC(O)COC(Cc1ccccc1)Cc1ccccc1.Cl. The van der Waals surface area contributed by atoms with Crippen LogP contribution in [0.1, 0.15) is 24.5 Å². The van der Waals surface area contributed by atoms with Crippen molar-refractivity contribution in [2.24, 2.45) is 0 Å². The predicted molar refractivity (Wildman–Crippen MR) is 106 cm³/mol. The molecule has 0 aromatic heterocycles. The second-order valence-electron chi connectivity index (χ2n) is 6.19. The minimum Gasteiger partial charge on any atom is -0.389 e. The highest BCUT2D eigenvalue weighted by Gasteiger charge is 2.14. The van der Waals surface area contributed by atoms with E-state index in [4.69, 9.17) is 4.74 Å². The fourth-order valence-corrected chi connectivity index (χ4v) is 2.70. The molecule has 0 saturated carbocycles. The van der Waals surface area contributed by atoms with Crippen molar-refractivity contribution in [2.75, 3.05) is 19.7 Å². The van der Waals surface area contributed by atoms with Gasteiger partial charge in [0.15, 0.2) is 0 Å². The highest BCUT2D eigenvalue weighted by molar-refractivity contribution is 5.85. The summed E-state index contributed by atoms with van der Waals surface area (Å²) in [6.45, 7) is 3.98. The topological polar surface area (TPSA) is 41.5 Å². The smallest absolute Gasteiger partial charge is 0.0897 e. The van der Waals surface area contributed by atoms with Gasteiger partial charge in [0.05, 0.1) is 18.8 Å². The second-order valence-corrected chi connectivity index (χ2v) is 6.19. The molecule has 0 spiro atoms. The van der Waals surface area contributed by atoms with Gasteiger partial charge in [-0.2, -0.15) is 0 Å². The van der Waals surface area contributed by atoms with Crippen LogP contribution in [0.15, 0.2) is 60.7 Å². The van der Waals surface area contributed by atoms with Crippen LogP contribution in [0.25, 0.3) is 0 Å². The molecule has 0 amide bonds. The highest BCUT2D eigenvalue weighted by atomic mass is 35.5. The minimum atomic E-state index is -0.467. The van der Waals surface area contributed by atoms with Crippen LogP contribution in [0.2, 0.25) is 0 Å². The monoisotopic (exact) mass is 363 g/mol. The van der Waals surface area contributed by atoms with E-state index in [0.29, 0.717) is 13.2 Å². The molecule has 0 fully saturated rings. The van der Waals surface area contributed by atoms with Gasteiger partial charge in [0.2, 0.25) is 0 Å². The number of benzene rings is 2. The van der Waals surface area contributed by atoms with Crippen LogP contribution in [0.4, 0.5) is 0 Å². The predicted octanol–water partition coefficient (Wildman–Crippen LogP) is 3.64. The number of aliphatic hydroxyl groups is 1. The molecule has 138 valence electrons. The molecule has 0 aliphatic heterocycles. The summed E-state index contributed by atoms with van der Waals surface area (Å²) in [5.41, 5.74) is 2.52. The van der Waals surface area contributed by atoms with E-state index < -0.39 is 6.10 Å². The quantitative estimate of drug-likeness (QED) is 0.599. The molecule has 1 atom stereocenters. The molecule has 2 aromatic carbocycles. The van der Waals surface area contributed by atoms with E-state index in [9.17, 15) is 5.11 Å². The van der Waals surface area contributed by atoms with Gasteiger partial charge < -0.3 is 15.2 Å². The Morgan fingerprint density at radius 1 is 0.920 bits per heavy atom. The van der Waals surface area contributed by atoms with Crippen molar-refractivity contribution in [1.29, 1.82) is 0 Å². The summed E-state index contributed by atoms with van der Waals surface area (Å²) in [5.74, 6) is 0. The lowest BCUT2D eigenvalue weighted by Crippen LogP contribution is -2.33. The van der Waals surface area contributed by atoms with Crippen molar-refractivity contribution in [1.82, 2.24) is 5.32 Å². The van der Waals surface area contributed by atoms with Gasteiger partial charge in [0.1, 0.15) is 0 Å². The first-order chi connectivity index (χ1) is 11.8. The summed E-state index contributed by atoms with van der Waals surface area (Å²) in [6.07, 6.45) is 2.37. The molecule has 2 aromatic rings. The molecule has 4 heteroatoms. The first-order valence-electron chi connectivity index (χ1n) is 8.86. The van der Waals surface area contributed by atoms with Crippen LogP contribution in [0, 0.1) is 0 Å². The molecule has 25 heavy (non-hydrogen) atoms. The summed E-state index contributed by atoms with van der Waals surface area (Å²) in [4.78, 5) is 0. The summed E-state index contributed by atoms with van der Waals surface area (Å²) in [7, 11) is 0. The Morgan fingerprint density at radius 2 is 1.44 bits per heavy atom. The van der Waals surface area contributed by atoms with E-state index in [0.717, 1.165) is 25.8 Å². The van der Waals surface area contributed by atoms with Crippen LogP contribution >= 0.6 is 12.4 Å². The molecule has 0 heterocycles. The van der Waals surface area contributed by atoms with Crippen molar-refractivity contribution in [3.8, 4) is 0 Å². The van der Waals surface area contributed by atoms with Gasteiger partial charge >= 0.3 is 0 Å². The molecule has 2 N–H and O–H groups in total. The van der Waals surface area contributed by atoms with Gasteiger partial charge in [-0.15, -0.1) is 12.4 Å². The largest absolute Gasteiger partial charge is 0.389 e. The maximum atomic E-state index is 10.1. The standard InChI is InChI=1S/C21H29NO2.ClH/c1-2-13-22-16-20(23)17-24-21(14-18-9-5-3-6-10-18)15-19-11-7-4-8-12-19;/h3-12,20-23H,2,13-17H2,1H3;1H. The first kappa shape index (κ1) is 21.7. The normalized spacial score (nSPS) is 12.0. The summed E-state index contributed by atoms with van der Waals surface area (Å²) < 4.78 is 6.05. The molecule has 0 bridgehead atoms. The fourth-order valence-electron chi connectivity index (χ4n) is 2.70. The molecule has 0 radical (unpaired) electrons. The van der Waals surface area contributed by atoms with E-state index >= 15 is 0 Å². The molecule has 0 saturated heterocycles. The Bertz CT molecular complexity index is 509. The molecular formula is C21H30ClNO2. The Kier molecular flexibility index (Phi) is 11.2. The van der Waals surface area contributed by atoms with Crippen molar-refractivity contribution < 1.29 is 9.84 Å². The summed E-state index contributed by atoms with van der Waals surface area (Å²) >= 11 is 0. The number of ether oxygens (including phenoxy) is 1. The molecular weight excluding hydrogens is 334 g/mol. The lowest BCUT2D eigenvalue weighted by molar-refractivity contribution is -0.00803. The average molecular weight is 364 g/mol. The minimum absolute atomic E-state index is 0. The van der Waals surface area contributed by atoms with Gasteiger partial charge in [-0.3, -0.25) is 0 Å². The maximum Gasteiger partial charge on any atom is 0.0897 e. The van der Waals surface area contributed by atoms with E-state index in [2.05, 4.69) is 60.8 Å². The lowest BCUT2D eigenvalue weighted by atomic mass is 10.0. The lowest BCUT2D eigenvalue weighted by Gasteiger charge is -2.21. The molecule has 1 unspecified atom stereocenters. The zero-order valence-corrected chi connectivity index (χ0v) is 15.8. The van der Waals surface area contributed by atoms with E-state index in [1.165, 1.54) is 11.1 Å². The third-order valence-corrected chi connectivity index (χ3v) is 3.94. The molecule has 0 aliphatic rings. The van der Waals surface area contributed by atoms with E-state index in [1.54, 1.807) is 0 Å². The number of halogens is 1. The zero-order valence-electron chi connectivity index (χ0n) is 14.9.